The van der Waals surface area contributed by atoms with Gasteiger partial charge in [0.15, 0.2) is 0 Å². The number of halogens is 1. The second-order valence-corrected chi connectivity index (χ2v) is 5.89. The average molecular weight is 332 g/mol. The molecule has 1 aromatic carbocycles. The normalized spacial score (nSPS) is 11.7. The van der Waals surface area contributed by atoms with Crippen molar-refractivity contribution in [2.45, 2.75) is 4.90 Å². The van der Waals surface area contributed by atoms with Crippen molar-refractivity contribution in [3.05, 3.63) is 29.0 Å². The number of hydrogen-bond donors (Lipinski definition) is 2. The molecular weight excluding hydrogens is 322 g/mol. The Bertz CT molecular complexity index is 682. The van der Waals surface area contributed by atoms with Crippen LogP contribution in [0.15, 0.2) is 33.9 Å². The van der Waals surface area contributed by atoms with Gasteiger partial charge in [-0.25, -0.2) is 17.8 Å². The largest absolute Gasteiger partial charge is 0.366 e. The molecule has 0 saturated heterocycles. The van der Waals surface area contributed by atoms with Crippen LogP contribution in [0.5, 0.6) is 0 Å². The second-order valence-electron chi connectivity index (χ2n) is 3.33. The van der Waals surface area contributed by atoms with E-state index >= 15 is 0 Å². The summed E-state index contributed by atoms with van der Waals surface area (Å²) < 4.78 is 27.7. The molecule has 0 amide bonds. The number of benzene rings is 1. The molecule has 0 unspecified atom stereocenters. The fourth-order valence-electron chi connectivity index (χ4n) is 1.43. The summed E-state index contributed by atoms with van der Waals surface area (Å²) in [6.07, 6.45) is 0. The summed E-state index contributed by atoms with van der Waals surface area (Å²) in [7, 11) is -2.24. The Hall–Kier alpha value is -1.45. The molecule has 0 aliphatic heterocycles. The molecule has 0 atom stereocenters. The van der Waals surface area contributed by atoms with Crippen molar-refractivity contribution in [1.82, 2.24) is 19.5 Å². The second kappa shape index (κ2) is 4.67. The highest BCUT2D eigenvalue weighted by molar-refractivity contribution is 9.10. The van der Waals surface area contributed by atoms with Crippen LogP contribution in [-0.2, 0) is 10.0 Å². The highest BCUT2D eigenvalue weighted by Gasteiger charge is 2.19. The number of nitrogens with zero attached hydrogens (tertiary/aromatic N) is 3. The van der Waals surface area contributed by atoms with E-state index in [1.54, 1.807) is 18.2 Å². The van der Waals surface area contributed by atoms with Gasteiger partial charge >= 0.3 is 0 Å². The van der Waals surface area contributed by atoms with Gasteiger partial charge < -0.3 is 5.73 Å². The smallest absolute Gasteiger partial charge is 0.242 e. The van der Waals surface area contributed by atoms with Gasteiger partial charge in [0.05, 0.1) is 5.69 Å². The van der Waals surface area contributed by atoms with E-state index < -0.39 is 10.0 Å². The van der Waals surface area contributed by atoms with E-state index in [0.29, 0.717) is 10.4 Å². The van der Waals surface area contributed by atoms with Crippen LogP contribution in [0.2, 0.25) is 0 Å². The van der Waals surface area contributed by atoms with Crippen LogP contribution in [-0.4, -0.2) is 30.2 Å². The molecule has 0 radical (unpaired) electrons. The first-order chi connectivity index (χ1) is 8.45. The fraction of sp³-hybridized carbons (Fsp3) is 0.111. The molecule has 7 nitrogen and oxygen atoms in total. The molecule has 3 N–H and O–H groups in total. The molecule has 18 heavy (non-hydrogen) atoms. The van der Waals surface area contributed by atoms with Crippen LogP contribution < -0.4 is 10.5 Å². The maximum atomic E-state index is 11.9. The minimum Gasteiger partial charge on any atom is -0.366 e. The SMILES string of the molecule is CNS(=O)(=O)c1ccccc1-n1nc(N)nc1Br. The molecule has 1 aromatic heterocycles. The van der Waals surface area contributed by atoms with Crippen molar-refractivity contribution >= 4 is 31.9 Å². The third kappa shape index (κ3) is 2.24. The lowest BCUT2D eigenvalue weighted by Gasteiger charge is -2.09. The lowest BCUT2D eigenvalue weighted by Crippen LogP contribution is -2.20. The quantitative estimate of drug-likeness (QED) is 0.853. The van der Waals surface area contributed by atoms with Gasteiger partial charge in [-0.3, -0.25) is 0 Å². The monoisotopic (exact) mass is 331 g/mol. The van der Waals surface area contributed by atoms with Crippen molar-refractivity contribution in [3.8, 4) is 5.69 Å². The number of nitrogens with one attached hydrogen (secondary N) is 1. The predicted octanol–water partition coefficient (Wildman–Crippen LogP) is 0.520. The highest BCUT2D eigenvalue weighted by Crippen LogP contribution is 2.22. The summed E-state index contributed by atoms with van der Waals surface area (Å²) in [5.41, 5.74) is 5.83. The van der Waals surface area contributed by atoms with Crippen LogP contribution in [0, 0.1) is 0 Å². The minimum atomic E-state index is -3.58. The van der Waals surface area contributed by atoms with Crippen LogP contribution in [0.4, 0.5) is 5.95 Å². The van der Waals surface area contributed by atoms with Gasteiger partial charge in [0.2, 0.25) is 20.7 Å². The number of anilines is 1. The van der Waals surface area contributed by atoms with E-state index in [2.05, 4.69) is 30.7 Å². The Balaban J connectivity index is 2.70. The minimum absolute atomic E-state index is 0.0542. The molecule has 0 bridgehead atoms. The molecule has 9 heteroatoms. The number of rotatable bonds is 3. The molecule has 2 aromatic rings. The maximum absolute atomic E-state index is 11.9. The summed E-state index contributed by atoms with van der Waals surface area (Å²) in [5.74, 6) is 0.0542. The van der Waals surface area contributed by atoms with Gasteiger partial charge in [0, 0.05) is 0 Å². The fourth-order valence-corrected chi connectivity index (χ4v) is 2.79. The van der Waals surface area contributed by atoms with Crippen molar-refractivity contribution in [3.63, 3.8) is 0 Å². The summed E-state index contributed by atoms with van der Waals surface area (Å²) in [4.78, 5) is 3.96. The lowest BCUT2D eigenvalue weighted by atomic mass is 10.3. The Labute approximate surface area is 112 Å². The molecule has 2 rings (SSSR count). The molecule has 0 fully saturated rings. The van der Waals surface area contributed by atoms with E-state index in [1.807, 2.05) is 0 Å². The Kier molecular flexibility index (Phi) is 3.37. The lowest BCUT2D eigenvalue weighted by molar-refractivity contribution is 0.587. The molecule has 0 spiro atoms. The topological polar surface area (TPSA) is 103 Å². The van der Waals surface area contributed by atoms with Crippen molar-refractivity contribution in [1.29, 1.82) is 0 Å². The van der Waals surface area contributed by atoms with Crippen molar-refractivity contribution in [2.75, 3.05) is 12.8 Å². The van der Waals surface area contributed by atoms with Gasteiger partial charge in [-0.05, 0) is 35.1 Å². The zero-order chi connectivity index (χ0) is 13.3. The first kappa shape index (κ1) is 13.0. The van der Waals surface area contributed by atoms with Gasteiger partial charge in [0.25, 0.3) is 0 Å². The third-order valence-corrected chi connectivity index (χ3v) is 4.21. The molecule has 0 aliphatic rings. The number of nitrogens with two attached hydrogens (primary N) is 1. The summed E-state index contributed by atoms with van der Waals surface area (Å²) in [5, 5.41) is 3.93. The van der Waals surface area contributed by atoms with Crippen LogP contribution in [0.3, 0.4) is 0 Å². The molecule has 96 valence electrons. The first-order valence-corrected chi connectivity index (χ1v) is 7.14. The zero-order valence-corrected chi connectivity index (χ0v) is 11.7. The van der Waals surface area contributed by atoms with E-state index in [9.17, 15) is 8.42 Å². The van der Waals surface area contributed by atoms with Gasteiger partial charge in [-0.1, -0.05) is 12.1 Å². The molecule has 0 aliphatic carbocycles. The molecular formula is C9H10BrN5O2S. The van der Waals surface area contributed by atoms with Gasteiger partial charge in [0.1, 0.15) is 4.90 Å². The third-order valence-electron chi connectivity index (χ3n) is 2.24. The molecule has 1 heterocycles. The molecule has 0 saturated carbocycles. The zero-order valence-electron chi connectivity index (χ0n) is 9.33. The van der Waals surface area contributed by atoms with E-state index in [1.165, 1.54) is 17.8 Å². The van der Waals surface area contributed by atoms with E-state index in [4.69, 9.17) is 5.73 Å². The van der Waals surface area contributed by atoms with E-state index in [0.717, 1.165) is 0 Å². The predicted molar refractivity (Wildman–Crippen MR) is 69.7 cm³/mol. The van der Waals surface area contributed by atoms with Crippen LogP contribution in [0.25, 0.3) is 5.69 Å². The maximum Gasteiger partial charge on any atom is 0.242 e. The first-order valence-electron chi connectivity index (χ1n) is 4.86. The number of hydrogen-bond acceptors (Lipinski definition) is 5. The van der Waals surface area contributed by atoms with Crippen molar-refractivity contribution < 1.29 is 8.42 Å². The number of para-hydroxylation sites is 1. The Morgan fingerprint density at radius 2 is 2.06 bits per heavy atom. The number of aromatic nitrogens is 3. The summed E-state index contributed by atoms with van der Waals surface area (Å²) in [6.45, 7) is 0. The van der Waals surface area contributed by atoms with Gasteiger partial charge in [-0.15, -0.1) is 5.10 Å². The van der Waals surface area contributed by atoms with E-state index in [-0.39, 0.29) is 10.8 Å². The Morgan fingerprint density at radius 3 is 2.61 bits per heavy atom. The number of nitrogen functional groups attached to an aromatic ring is 1. The highest BCUT2D eigenvalue weighted by atomic mass is 79.9. The average Bonchev–Trinajstić information content (AvgIpc) is 2.68. The summed E-state index contributed by atoms with van der Waals surface area (Å²) >= 11 is 3.17. The van der Waals surface area contributed by atoms with Gasteiger partial charge in [-0.2, -0.15) is 4.98 Å². The Morgan fingerprint density at radius 1 is 1.39 bits per heavy atom. The standard InChI is InChI=1S/C9H10BrN5O2S/c1-12-18(16,17)7-5-3-2-4-6(7)15-8(10)13-9(11)14-15/h2-5,12H,1H3,(H2,11,14). The number of sulfonamides is 1. The summed E-state index contributed by atoms with van der Waals surface area (Å²) in [6, 6.07) is 6.42. The van der Waals surface area contributed by atoms with Crippen LogP contribution >= 0.6 is 15.9 Å². The van der Waals surface area contributed by atoms with Crippen molar-refractivity contribution in [2.24, 2.45) is 0 Å². The van der Waals surface area contributed by atoms with Crippen LogP contribution in [0.1, 0.15) is 0 Å².